The summed E-state index contributed by atoms with van der Waals surface area (Å²) >= 11 is 6.13. The van der Waals surface area contributed by atoms with Crippen LogP contribution in [0.3, 0.4) is 0 Å². The average molecular weight is 402 g/mol. The van der Waals surface area contributed by atoms with Crippen molar-refractivity contribution in [2.75, 3.05) is 13.7 Å². The Balaban J connectivity index is 2.51. The van der Waals surface area contributed by atoms with Crippen molar-refractivity contribution in [3.05, 3.63) is 29.4 Å². The maximum absolute atomic E-state index is 12.7. The predicted octanol–water partition coefficient (Wildman–Crippen LogP) is 1.43. The molecule has 26 heavy (non-hydrogen) atoms. The van der Waals surface area contributed by atoms with E-state index < -0.39 is 15.6 Å². The number of nitrogens with two attached hydrogens (primary N) is 2. The summed E-state index contributed by atoms with van der Waals surface area (Å²) in [6.45, 7) is 3.34. The van der Waals surface area contributed by atoms with E-state index in [2.05, 4.69) is 19.6 Å². The summed E-state index contributed by atoms with van der Waals surface area (Å²) in [4.78, 5) is 17.3. The number of halogens is 1. The van der Waals surface area contributed by atoms with Crippen LogP contribution in [0.5, 0.6) is 0 Å². The zero-order chi connectivity index (χ0) is 19.5. The first-order valence-corrected chi connectivity index (χ1v) is 9.29. The van der Waals surface area contributed by atoms with Gasteiger partial charge in [-0.3, -0.25) is 0 Å². The van der Waals surface area contributed by atoms with Gasteiger partial charge in [0.1, 0.15) is 6.61 Å². The minimum absolute atomic E-state index is 0.00611. The van der Waals surface area contributed by atoms with E-state index >= 15 is 0 Å². The lowest BCUT2D eigenvalue weighted by Gasteiger charge is -2.24. The molecular formula is C15H20ClN5O4S. The fourth-order valence-electron chi connectivity index (χ4n) is 2.21. The monoisotopic (exact) mass is 401 g/mol. The zero-order valence-electron chi connectivity index (χ0n) is 14.5. The molecule has 1 aromatic heterocycles. The summed E-state index contributed by atoms with van der Waals surface area (Å²) in [5.41, 5.74) is 9.91. The number of benzene rings is 1. The molecule has 0 amide bonds. The molecule has 0 aliphatic rings. The lowest BCUT2D eigenvalue weighted by molar-refractivity contribution is -0.280. The third-order valence-electron chi connectivity index (χ3n) is 3.28. The van der Waals surface area contributed by atoms with Crippen LogP contribution < -0.4 is 16.2 Å². The van der Waals surface area contributed by atoms with Gasteiger partial charge in [0.05, 0.1) is 22.6 Å². The quantitative estimate of drug-likeness (QED) is 0.275. The van der Waals surface area contributed by atoms with Crippen molar-refractivity contribution >= 4 is 44.2 Å². The molecule has 0 saturated carbocycles. The van der Waals surface area contributed by atoms with Crippen LogP contribution in [-0.4, -0.2) is 38.6 Å². The van der Waals surface area contributed by atoms with E-state index in [1.807, 2.05) is 0 Å². The number of fused-ring (bicyclic) bond motifs is 1. The minimum atomic E-state index is -3.87. The van der Waals surface area contributed by atoms with E-state index in [1.165, 1.54) is 25.4 Å². The van der Waals surface area contributed by atoms with Crippen LogP contribution in [0.2, 0.25) is 5.02 Å². The van der Waals surface area contributed by atoms with E-state index in [9.17, 15) is 8.42 Å². The predicted molar refractivity (Wildman–Crippen MR) is 99.6 cm³/mol. The Hall–Kier alpha value is -1.98. The zero-order valence-corrected chi connectivity index (χ0v) is 16.1. The van der Waals surface area contributed by atoms with Crippen molar-refractivity contribution in [2.24, 2.45) is 16.5 Å². The van der Waals surface area contributed by atoms with Gasteiger partial charge in [-0.1, -0.05) is 17.7 Å². The molecule has 0 aliphatic heterocycles. The number of pyridine rings is 1. The highest BCUT2D eigenvalue weighted by atomic mass is 35.5. The smallest absolute Gasteiger partial charge is 0.241 e. The van der Waals surface area contributed by atoms with Gasteiger partial charge >= 0.3 is 0 Å². The molecule has 0 atom stereocenters. The van der Waals surface area contributed by atoms with Crippen molar-refractivity contribution in [2.45, 2.75) is 24.3 Å². The summed E-state index contributed by atoms with van der Waals surface area (Å²) in [7, 11) is -2.52. The number of hydrogen-bond donors (Lipinski definition) is 3. The molecule has 1 heterocycles. The number of nitrogens with one attached hydrogen (secondary N) is 1. The number of guanidine groups is 1. The molecule has 1 aromatic carbocycles. The summed E-state index contributed by atoms with van der Waals surface area (Å²) < 4.78 is 28.0. The van der Waals surface area contributed by atoms with Gasteiger partial charge in [-0.05, 0) is 26.0 Å². The highest BCUT2D eigenvalue weighted by molar-refractivity contribution is 7.89. The third-order valence-corrected chi connectivity index (χ3v) is 5.28. The van der Waals surface area contributed by atoms with Gasteiger partial charge in [0.2, 0.25) is 10.0 Å². The average Bonchev–Trinajstić information content (AvgIpc) is 2.54. The van der Waals surface area contributed by atoms with Gasteiger partial charge in [0.25, 0.3) is 0 Å². The molecule has 0 bridgehead atoms. The lowest BCUT2D eigenvalue weighted by Crippen LogP contribution is -2.46. The number of sulfonamides is 1. The first kappa shape index (κ1) is 20.3. The SMILES string of the molecule is COOCC(C)(C)NS(=O)(=O)c1ccc2c(Cl)cnc(N=C(N)N)c2c1. The summed E-state index contributed by atoms with van der Waals surface area (Å²) in [5.74, 6) is -0.0335. The topological polar surface area (TPSA) is 142 Å². The van der Waals surface area contributed by atoms with Gasteiger partial charge in [-0.2, -0.15) is 4.99 Å². The molecule has 0 saturated heterocycles. The fraction of sp³-hybridized carbons (Fsp3) is 0.333. The van der Waals surface area contributed by atoms with E-state index in [0.29, 0.717) is 15.8 Å². The largest absolute Gasteiger partial charge is 0.370 e. The highest BCUT2D eigenvalue weighted by Gasteiger charge is 2.27. The normalized spacial score (nSPS) is 12.3. The molecule has 0 aliphatic carbocycles. The molecule has 11 heteroatoms. The first-order chi connectivity index (χ1) is 12.1. The van der Waals surface area contributed by atoms with Crippen molar-refractivity contribution in [3.8, 4) is 0 Å². The second kappa shape index (κ2) is 7.72. The third kappa shape index (κ3) is 4.80. The van der Waals surface area contributed by atoms with Gasteiger partial charge in [-0.15, -0.1) is 0 Å². The van der Waals surface area contributed by atoms with Crippen LogP contribution in [-0.2, 0) is 19.8 Å². The lowest BCUT2D eigenvalue weighted by atomic mass is 10.1. The summed E-state index contributed by atoms with van der Waals surface area (Å²) in [6, 6.07) is 4.41. The Morgan fingerprint density at radius 2 is 2.04 bits per heavy atom. The van der Waals surface area contributed by atoms with Gasteiger partial charge < -0.3 is 11.5 Å². The van der Waals surface area contributed by atoms with Gasteiger partial charge in [-0.25, -0.2) is 27.9 Å². The van der Waals surface area contributed by atoms with Crippen molar-refractivity contribution in [3.63, 3.8) is 0 Å². The fourth-order valence-corrected chi connectivity index (χ4v) is 3.85. The van der Waals surface area contributed by atoms with Crippen LogP contribution in [0, 0.1) is 0 Å². The van der Waals surface area contributed by atoms with Gasteiger partial charge in [0, 0.05) is 17.0 Å². The van der Waals surface area contributed by atoms with Crippen LogP contribution >= 0.6 is 11.6 Å². The van der Waals surface area contributed by atoms with Crippen molar-refractivity contribution in [1.29, 1.82) is 0 Å². The van der Waals surface area contributed by atoms with E-state index in [-0.39, 0.29) is 23.3 Å². The van der Waals surface area contributed by atoms with Crippen LogP contribution in [0.4, 0.5) is 5.82 Å². The van der Waals surface area contributed by atoms with Crippen LogP contribution in [0.25, 0.3) is 10.8 Å². The number of aromatic nitrogens is 1. The molecule has 142 valence electrons. The Kier molecular flexibility index (Phi) is 6.04. The maximum atomic E-state index is 12.7. The molecule has 0 unspecified atom stereocenters. The first-order valence-electron chi connectivity index (χ1n) is 7.43. The minimum Gasteiger partial charge on any atom is -0.370 e. The molecule has 5 N–H and O–H groups in total. The maximum Gasteiger partial charge on any atom is 0.241 e. The Morgan fingerprint density at radius 1 is 1.35 bits per heavy atom. The molecule has 2 rings (SSSR count). The van der Waals surface area contributed by atoms with E-state index in [0.717, 1.165) is 0 Å². The summed E-state index contributed by atoms with van der Waals surface area (Å²) in [5, 5.41) is 1.32. The number of hydrogen-bond acceptors (Lipinski definition) is 6. The summed E-state index contributed by atoms with van der Waals surface area (Å²) in [6.07, 6.45) is 1.39. The molecule has 0 radical (unpaired) electrons. The molecule has 2 aromatic rings. The van der Waals surface area contributed by atoms with E-state index in [4.69, 9.17) is 28.0 Å². The number of nitrogens with zero attached hydrogens (tertiary/aromatic N) is 2. The molecule has 0 fully saturated rings. The highest BCUT2D eigenvalue weighted by Crippen LogP contribution is 2.31. The Bertz CT molecular complexity index is 942. The number of rotatable bonds is 7. The Morgan fingerprint density at radius 3 is 2.65 bits per heavy atom. The van der Waals surface area contributed by atoms with Crippen LogP contribution in [0.1, 0.15) is 13.8 Å². The van der Waals surface area contributed by atoms with Gasteiger partial charge in [0.15, 0.2) is 11.8 Å². The standard InChI is InChI=1S/C15H20ClN5O4S/c1-15(2,8-25-24-3)21-26(22,23)9-4-5-10-11(6-9)13(20-14(17)18)19-7-12(10)16/h4-7,21H,8H2,1-3H3,(H4,17,18,19,20). The van der Waals surface area contributed by atoms with Crippen LogP contribution in [0.15, 0.2) is 34.3 Å². The van der Waals surface area contributed by atoms with Crippen molar-refractivity contribution in [1.82, 2.24) is 9.71 Å². The van der Waals surface area contributed by atoms with Crippen molar-refractivity contribution < 1.29 is 18.2 Å². The molecule has 9 nitrogen and oxygen atoms in total. The second-order valence-electron chi connectivity index (χ2n) is 6.09. The number of aliphatic imine (C=N–C) groups is 1. The molecular weight excluding hydrogens is 382 g/mol. The Labute approximate surface area is 156 Å². The second-order valence-corrected chi connectivity index (χ2v) is 8.18. The van der Waals surface area contributed by atoms with E-state index in [1.54, 1.807) is 19.9 Å². The molecule has 0 spiro atoms.